The first-order valence-corrected chi connectivity index (χ1v) is 34.8. The molecule has 0 radical (unpaired) electrons. The number of hydrogen-bond acceptors (Lipinski definition) is 17. The zero-order valence-corrected chi connectivity index (χ0v) is 48.6. The Morgan fingerprint density at radius 3 is 1.39 bits per heavy atom. The summed E-state index contributed by atoms with van der Waals surface area (Å²) in [5.74, 6) is 10.8. The van der Waals surface area contributed by atoms with Crippen molar-refractivity contribution in [2.45, 2.75) is 126 Å². The van der Waals surface area contributed by atoms with E-state index in [9.17, 15) is 8.42 Å². The molecule has 8 aliphatic heterocycles. The lowest BCUT2D eigenvalue weighted by molar-refractivity contribution is -0.542. The van der Waals surface area contributed by atoms with E-state index < -0.39 is 18.4 Å². The van der Waals surface area contributed by atoms with Crippen LogP contribution in [0.15, 0.2) is 70.6 Å². The summed E-state index contributed by atoms with van der Waals surface area (Å²) in [4.78, 5) is 15.5. The van der Waals surface area contributed by atoms with E-state index in [0.717, 1.165) is 156 Å². The average molecular weight is 1110 g/mol. The summed E-state index contributed by atoms with van der Waals surface area (Å²) in [5, 5.41) is 25.4. The van der Waals surface area contributed by atoms with Crippen molar-refractivity contribution >= 4 is 87.9 Å². The van der Waals surface area contributed by atoms with Gasteiger partial charge in [0.2, 0.25) is 0 Å². The maximum absolute atomic E-state index is 11.5. The molecule has 0 bridgehead atoms. The molecule has 0 unspecified atom stereocenters. The van der Waals surface area contributed by atoms with Gasteiger partial charge in [-0.15, -0.1) is 0 Å². The molecular formula is C53H84N12O4S4Si+2. The maximum Gasteiger partial charge on any atom is 0.346 e. The molecule has 21 heteroatoms. The quantitative estimate of drug-likeness (QED) is 0.0652. The van der Waals surface area contributed by atoms with Crippen molar-refractivity contribution in [2.24, 2.45) is 9.98 Å². The van der Waals surface area contributed by atoms with Gasteiger partial charge in [0.1, 0.15) is 6.04 Å². The molecule has 8 aliphatic rings. The zero-order valence-electron chi connectivity index (χ0n) is 44.3. The van der Waals surface area contributed by atoms with Crippen molar-refractivity contribution in [3.05, 3.63) is 60.7 Å². The topological polar surface area (TPSA) is 162 Å². The van der Waals surface area contributed by atoms with Crippen LogP contribution in [0.3, 0.4) is 0 Å². The van der Waals surface area contributed by atoms with Gasteiger partial charge in [0.05, 0.1) is 75.9 Å². The fourth-order valence-corrected chi connectivity index (χ4v) is 20.5. The standard InChI is InChI=1S/C53H82N12O4S4Si/c1-53(2,3)74(47-11-7-5-8-12-47,48-13-9-6-10-14-48)69-32-40-16-24-63-26-18-42(57-50(63)55-40)34-71-36-44-20-28-65-30-22-46(61-52(65)59-44)38-72-37-45-21-29-64-27-19-43(58-51(64)60-45)35-70-33-41-17-25-62-23-15-39(54-49(62)56-41)31-68-73(4,66)67/h5-14,39-46H,15-38H2,1-4H3,(H4,54,55,56,57,58,59,60,61)/p+2/t39-,40-,41-,42-,43-,44-,45-,46-/m1/s1. The first kappa shape index (κ1) is 54.0. The van der Waals surface area contributed by atoms with E-state index in [1.807, 2.05) is 11.8 Å². The Hall–Kier alpha value is -3.34. The Labute approximate surface area is 455 Å². The second-order valence-electron chi connectivity index (χ2n) is 22.8. The maximum atomic E-state index is 11.5. The van der Waals surface area contributed by atoms with Crippen molar-refractivity contribution < 1.29 is 26.2 Å². The molecule has 8 atom stereocenters. The van der Waals surface area contributed by atoms with Crippen LogP contribution in [0, 0.1) is 0 Å². The molecule has 2 saturated heterocycles. The van der Waals surface area contributed by atoms with Gasteiger partial charge < -0.3 is 24.9 Å². The Morgan fingerprint density at radius 1 is 0.554 bits per heavy atom. The van der Waals surface area contributed by atoms with Crippen molar-refractivity contribution in [1.29, 1.82) is 0 Å². The van der Waals surface area contributed by atoms with Gasteiger partial charge in [-0.2, -0.15) is 43.7 Å². The summed E-state index contributed by atoms with van der Waals surface area (Å²) >= 11 is 6.14. The molecule has 16 nitrogen and oxygen atoms in total. The smallest absolute Gasteiger partial charge is 0.346 e. The molecule has 2 aromatic carbocycles. The monoisotopic (exact) mass is 1110 g/mol. The highest BCUT2D eigenvalue weighted by Gasteiger charge is 2.51. The van der Waals surface area contributed by atoms with Crippen molar-refractivity contribution in [3.63, 3.8) is 0 Å². The molecule has 2 fully saturated rings. The molecule has 74 heavy (non-hydrogen) atoms. The third kappa shape index (κ3) is 13.7. The lowest BCUT2D eigenvalue weighted by Gasteiger charge is -2.44. The number of nitrogens with zero attached hydrogens (tertiary/aromatic N) is 6. The third-order valence-electron chi connectivity index (χ3n) is 16.1. The Kier molecular flexibility index (Phi) is 17.9. The van der Waals surface area contributed by atoms with Crippen molar-refractivity contribution in [3.8, 4) is 0 Å². The Balaban J connectivity index is 0.628. The van der Waals surface area contributed by atoms with E-state index in [4.69, 9.17) is 18.6 Å². The lowest BCUT2D eigenvalue weighted by Crippen LogP contribution is -2.68. The number of thioether (sulfide) groups is 3. The lowest BCUT2D eigenvalue weighted by atomic mass is 10.1. The van der Waals surface area contributed by atoms with Crippen LogP contribution in [0.1, 0.15) is 72.1 Å². The van der Waals surface area contributed by atoms with Crippen molar-refractivity contribution in [1.82, 2.24) is 41.7 Å². The molecule has 0 saturated carbocycles. The zero-order chi connectivity index (χ0) is 51.1. The van der Waals surface area contributed by atoms with Crippen LogP contribution in [0.2, 0.25) is 5.04 Å². The molecule has 0 spiro atoms. The second kappa shape index (κ2) is 24.5. The summed E-state index contributed by atoms with van der Waals surface area (Å²) in [6.45, 7) is 16.3. The molecule has 0 amide bonds. The van der Waals surface area contributed by atoms with Gasteiger partial charge in [-0.25, -0.2) is 9.98 Å². The summed E-state index contributed by atoms with van der Waals surface area (Å²) in [5.41, 5.74) is 0. The molecule has 0 aromatic heterocycles. The van der Waals surface area contributed by atoms with Crippen molar-refractivity contribution in [2.75, 3.05) is 106 Å². The predicted molar refractivity (Wildman–Crippen MR) is 310 cm³/mol. The highest BCUT2D eigenvalue weighted by atomic mass is 32.2. The Morgan fingerprint density at radius 2 is 0.946 bits per heavy atom. The molecule has 8 heterocycles. The van der Waals surface area contributed by atoms with E-state index in [2.05, 4.69) is 156 Å². The van der Waals surface area contributed by atoms with Crippen LogP contribution >= 0.6 is 35.3 Å². The minimum absolute atomic E-state index is 0.00460. The number of rotatable bonds is 20. The number of benzene rings is 2. The van der Waals surface area contributed by atoms with Crippen LogP contribution in [-0.2, 0) is 18.7 Å². The molecule has 406 valence electrons. The highest BCUT2D eigenvalue weighted by Crippen LogP contribution is 2.37. The van der Waals surface area contributed by atoms with E-state index in [1.165, 1.54) is 22.8 Å². The SMILES string of the molecule is CC(C)(C)[Si](OC[C@H]1CC[N+]2=C(N1)N[C@@H](CSC[C@H]1CCN3CC[C@H](CSC[C@H]4CCN5CC[C@H](CSC[C@H]6CC[N+]7=C(N[C@@H](COS(C)(=O)=O)CC7)N6)N=C5N4)NC3=N1)CC2)(c1ccccc1)c1ccccc1. The van der Waals surface area contributed by atoms with Gasteiger partial charge in [0, 0.05) is 98.5 Å². The summed E-state index contributed by atoms with van der Waals surface area (Å²) in [7, 11) is -6.05. The number of fused-ring (bicyclic) bond motifs is 2. The fourth-order valence-electron chi connectivity index (χ4n) is 11.9. The van der Waals surface area contributed by atoms with E-state index in [0.29, 0.717) is 42.9 Å². The van der Waals surface area contributed by atoms with E-state index in [1.54, 1.807) is 0 Å². The first-order chi connectivity index (χ1) is 35.8. The Bertz CT molecular complexity index is 2410. The third-order valence-corrected chi connectivity index (χ3v) is 25.5. The normalized spacial score (nSPS) is 28.3. The molecule has 10 rings (SSSR count). The van der Waals surface area contributed by atoms with Gasteiger partial charge in [-0.1, -0.05) is 81.4 Å². The van der Waals surface area contributed by atoms with Gasteiger partial charge in [0.15, 0.2) is 11.9 Å². The van der Waals surface area contributed by atoms with E-state index >= 15 is 0 Å². The summed E-state index contributed by atoms with van der Waals surface area (Å²) < 4.78 is 40.3. The number of aliphatic imine (C=N–C) groups is 2. The van der Waals surface area contributed by atoms with Crippen LogP contribution < -0.4 is 42.3 Å². The average Bonchev–Trinajstić information content (AvgIpc) is 3.40. The molecule has 2 aromatic rings. The first-order valence-electron chi connectivity index (χ1n) is 27.6. The predicted octanol–water partition coefficient (Wildman–Crippen LogP) is 2.51. The minimum atomic E-state index is -3.45. The van der Waals surface area contributed by atoms with Gasteiger partial charge >= 0.3 is 11.9 Å². The summed E-state index contributed by atoms with van der Waals surface area (Å²) in [6.07, 6.45) is 9.87. The van der Waals surface area contributed by atoms with E-state index in [-0.39, 0.29) is 23.7 Å². The van der Waals surface area contributed by atoms with Gasteiger partial charge in [-0.05, 0) is 41.1 Å². The molecule has 6 N–H and O–H groups in total. The van der Waals surface area contributed by atoms with Crippen LogP contribution in [0.5, 0.6) is 0 Å². The molecular weight excluding hydrogens is 1030 g/mol. The van der Waals surface area contributed by atoms with Gasteiger partial charge in [0.25, 0.3) is 18.4 Å². The fraction of sp³-hybridized carbons (Fsp3) is 0.698. The van der Waals surface area contributed by atoms with Crippen LogP contribution in [0.4, 0.5) is 0 Å². The second-order valence-corrected chi connectivity index (χ2v) is 32.0. The summed E-state index contributed by atoms with van der Waals surface area (Å²) in [6, 6.07) is 24.7. The van der Waals surface area contributed by atoms with Gasteiger partial charge in [-0.3, -0.25) is 34.6 Å². The van der Waals surface area contributed by atoms with Crippen LogP contribution in [0.25, 0.3) is 0 Å². The number of guanidine groups is 4. The number of hydrogen-bond donors (Lipinski definition) is 6. The van der Waals surface area contributed by atoms with Crippen LogP contribution in [-0.4, -0.2) is 214 Å². The number of nitrogens with one attached hydrogen (secondary N) is 6. The minimum Gasteiger partial charge on any atom is -0.404 e. The highest BCUT2D eigenvalue weighted by molar-refractivity contribution is 7.99. The molecule has 0 aliphatic carbocycles. The largest absolute Gasteiger partial charge is 0.404 e.